The van der Waals surface area contributed by atoms with Gasteiger partial charge in [0.2, 0.25) is 5.95 Å². The summed E-state index contributed by atoms with van der Waals surface area (Å²) in [5.74, 6) is 0.540. The summed E-state index contributed by atoms with van der Waals surface area (Å²) >= 11 is 0. The summed E-state index contributed by atoms with van der Waals surface area (Å²) < 4.78 is 0. The predicted octanol–water partition coefficient (Wildman–Crippen LogP) is 4.06. The third-order valence-corrected chi connectivity index (χ3v) is 3.04. The Morgan fingerprint density at radius 2 is 2.10 bits per heavy atom. The molecule has 0 aliphatic heterocycles. The standard InChI is InChI=1S/C17H18N4/c1-5-14(11-18-4)15-8-9-19-17(20-15)21-16-10-12(2)6-7-13(16)3/h5-11H,1,4H2,2-3H3,(H,19,20,21)/b14-11+. The van der Waals surface area contributed by atoms with Crippen molar-refractivity contribution in [3.63, 3.8) is 0 Å². The molecule has 2 rings (SSSR count). The molecule has 21 heavy (non-hydrogen) atoms. The van der Waals surface area contributed by atoms with Crippen molar-refractivity contribution in [1.29, 1.82) is 0 Å². The van der Waals surface area contributed by atoms with Crippen molar-refractivity contribution in [3.8, 4) is 0 Å². The molecule has 0 atom stereocenters. The number of aromatic nitrogens is 2. The number of anilines is 2. The summed E-state index contributed by atoms with van der Waals surface area (Å²) in [5, 5.41) is 3.24. The fourth-order valence-electron chi connectivity index (χ4n) is 1.89. The zero-order valence-corrected chi connectivity index (χ0v) is 12.3. The van der Waals surface area contributed by atoms with Crippen LogP contribution in [-0.2, 0) is 0 Å². The Balaban J connectivity index is 2.33. The van der Waals surface area contributed by atoms with E-state index < -0.39 is 0 Å². The second kappa shape index (κ2) is 6.61. The van der Waals surface area contributed by atoms with Gasteiger partial charge < -0.3 is 5.32 Å². The highest BCUT2D eigenvalue weighted by molar-refractivity contribution is 5.72. The molecule has 4 heteroatoms. The van der Waals surface area contributed by atoms with Crippen molar-refractivity contribution in [2.45, 2.75) is 13.8 Å². The van der Waals surface area contributed by atoms with Crippen molar-refractivity contribution >= 4 is 23.9 Å². The van der Waals surface area contributed by atoms with Crippen LogP contribution in [-0.4, -0.2) is 16.7 Å². The molecule has 0 saturated heterocycles. The van der Waals surface area contributed by atoms with Crippen LogP contribution in [0.1, 0.15) is 16.8 Å². The van der Waals surface area contributed by atoms with E-state index >= 15 is 0 Å². The Morgan fingerprint density at radius 1 is 1.29 bits per heavy atom. The fraction of sp³-hybridized carbons (Fsp3) is 0.118. The van der Waals surface area contributed by atoms with Gasteiger partial charge in [-0.2, -0.15) is 0 Å². The van der Waals surface area contributed by atoms with Gasteiger partial charge in [0.05, 0.1) is 5.69 Å². The van der Waals surface area contributed by atoms with Crippen LogP contribution >= 0.6 is 0 Å². The first-order valence-corrected chi connectivity index (χ1v) is 6.60. The van der Waals surface area contributed by atoms with Crippen LogP contribution in [0.3, 0.4) is 0 Å². The van der Waals surface area contributed by atoms with Gasteiger partial charge in [0.1, 0.15) is 0 Å². The lowest BCUT2D eigenvalue weighted by Crippen LogP contribution is -2.00. The third kappa shape index (κ3) is 3.63. The van der Waals surface area contributed by atoms with Gasteiger partial charge in [-0.3, -0.25) is 4.99 Å². The topological polar surface area (TPSA) is 50.2 Å². The van der Waals surface area contributed by atoms with Crippen LogP contribution in [0.25, 0.3) is 5.57 Å². The van der Waals surface area contributed by atoms with Gasteiger partial charge in [0.15, 0.2) is 0 Å². The Morgan fingerprint density at radius 3 is 2.81 bits per heavy atom. The molecule has 0 spiro atoms. The predicted molar refractivity (Wildman–Crippen MR) is 89.0 cm³/mol. The van der Waals surface area contributed by atoms with Crippen LogP contribution in [0.15, 0.2) is 54.3 Å². The molecule has 0 unspecified atom stereocenters. The molecule has 1 aromatic heterocycles. The number of allylic oxidation sites excluding steroid dienone is 2. The van der Waals surface area contributed by atoms with Crippen molar-refractivity contribution in [1.82, 2.24) is 9.97 Å². The number of aliphatic imine (C=N–C) groups is 1. The van der Waals surface area contributed by atoms with E-state index in [9.17, 15) is 0 Å². The minimum Gasteiger partial charge on any atom is -0.324 e. The normalized spacial score (nSPS) is 11.0. The van der Waals surface area contributed by atoms with Gasteiger partial charge >= 0.3 is 0 Å². The monoisotopic (exact) mass is 278 g/mol. The van der Waals surface area contributed by atoms with E-state index in [0.717, 1.165) is 22.5 Å². The Labute approximate surface area is 125 Å². The lowest BCUT2D eigenvalue weighted by atomic mass is 10.1. The number of hydrogen-bond acceptors (Lipinski definition) is 4. The summed E-state index contributed by atoms with van der Waals surface area (Å²) in [6.07, 6.45) is 5.02. The molecule has 0 amide bonds. The maximum Gasteiger partial charge on any atom is 0.227 e. The fourth-order valence-corrected chi connectivity index (χ4v) is 1.89. The maximum absolute atomic E-state index is 4.48. The van der Waals surface area contributed by atoms with Crippen molar-refractivity contribution in [2.75, 3.05) is 5.32 Å². The molecular weight excluding hydrogens is 260 g/mol. The molecule has 0 aliphatic rings. The van der Waals surface area contributed by atoms with Crippen LogP contribution < -0.4 is 5.32 Å². The first-order valence-electron chi connectivity index (χ1n) is 6.60. The van der Waals surface area contributed by atoms with Gasteiger partial charge in [-0.05, 0) is 43.8 Å². The molecule has 0 radical (unpaired) electrons. The number of nitrogens with one attached hydrogen (secondary N) is 1. The van der Waals surface area contributed by atoms with E-state index in [1.54, 1.807) is 18.5 Å². The summed E-state index contributed by atoms with van der Waals surface area (Å²) in [7, 11) is 0. The van der Waals surface area contributed by atoms with Gasteiger partial charge in [0.25, 0.3) is 0 Å². The molecule has 0 bridgehead atoms. The smallest absolute Gasteiger partial charge is 0.227 e. The summed E-state index contributed by atoms with van der Waals surface area (Å²) in [6.45, 7) is 11.3. The minimum absolute atomic E-state index is 0.540. The molecule has 0 aliphatic carbocycles. The number of aryl methyl sites for hydroxylation is 2. The molecule has 4 nitrogen and oxygen atoms in total. The third-order valence-electron chi connectivity index (χ3n) is 3.04. The highest BCUT2D eigenvalue weighted by atomic mass is 15.1. The van der Waals surface area contributed by atoms with Crippen LogP contribution in [0, 0.1) is 13.8 Å². The second-order valence-electron chi connectivity index (χ2n) is 4.68. The molecule has 0 fully saturated rings. The van der Waals surface area contributed by atoms with E-state index in [1.165, 1.54) is 5.56 Å². The van der Waals surface area contributed by atoms with Crippen LogP contribution in [0.2, 0.25) is 0 Å². The average molecular weight is 278 g/mol. The van der Waals surface area contributed by atoms with Gasteiger partial charge in [-0.1, -0.05) is 24.8 Å². The lowest BCUT2D eigenvalue weighted by molar-refractivity contribution is 1.14. The molecule has 0 saturated carbocycles. The zero-order valence-electron chi connectivity index (χ0n) is 12.3. The molecule has 106 valence electrons. The maximum atomic E-state index is 4.48. The average Bonchev–Trinajstić information content (AvgIpc) is 2.49. The van der Waals surface area contributed by atoms with Gasteiger partial charge in [-0.25, -0.2) is 9.97 Å². The minimum atomic E-state index is 0.540. The van der Waals surface area contributed by atoms with Crippen molar-refractivity contribution in [3.05, 3.63) is 66.1 Å². The highest BCUT2D eigenvalue weighted by Gasteiger charge is 2.05. The second-order valence-corrected chi connectivity index (χ2v) is 4.68. The van der Waals surface area contributed by atoms with Gasteiger partial charge in [0, 0.05) is 23.7 Å². The summed E-state index contributed by atoms with van der Waals surface area (Å²) in [6, 6.07) is 8.03. The Kier molecular flexibility index (Phi) is 4.61. The highest BCUT2D eigenvalue weighted by Crippen LogP contribution is 2.21. The zero-order chi connectivity index (χ0) is 15.2. The molecular formula is C17H18N4. The van der Waals surface area contributed by atoms with Crippen LogP contribution in [0.4, 0.5) is 11.6 Å². The largest absolute Gasteiger partial charge is 0.324 e. The first-order chi connectivity index (χ1) is 10.1. The first kappa shape index (κ1) is 14.7. The molecule has 1 aromatic carbocycles. The van der Waals surface area contributed by atoms with Crippen molar-refractivity contribution in [2.24, 2.45) is 4.99 Å². The molecule has 1 N–H and O–H groups in total. The quantitative estimate of drug-likeness (QED) is 0.662. The number of hydrogen-bond donors (Lipinski definition) is 1. The lowest BCUT2D eigenvalue weighted by Gasteiger charge is -2.10. The van der Waals surface area contributed by atoms with E-state index in [1.807, 2.05) is 13.0 Å². The van der Waals surface area contributed by atoms with Gasteiger partial charge in [-0.15, -0.1) is 0 Å². The van der Waals surface area contributed by atoms with E-state index in [0.29, 0.717) is 5.95 Å². The summed E-state index contributed by atoms with van der Waals surface area (Å²) in [4.78, 5) is 12.5. The SMILES string of the molecule is C=C/C(=C\N=C)c1ccnc(Nc2cc(C)ccc2C)n1. The van der Waals surface area contributed by atoms with E-state index in [-0.39, 0.29) is 0 Å². The number of benzene rings is 1. The Bertz CT molecular complexity index is 702. The molecule has 1 heterocycles. The number of nitrogens with zero attached hydrogens (tertiary/aromatic N) is 3. The Hall–Kier alpha value is -2.75. The molecule has 2 aromatic rings. The number of rotatable bonds is 5. The summed E-state index contributed by atoms with van der Waals surface area (Å²) in [5.41, 5.74) is 4.87. The van der Waals surface area contributed by atoms with Crippen LogP contribution in [0.5, 0.6) is 0 Å². The van der Waals surface area contributed by atoms with E-state index in [2.05, 4.69) is 58.7 Å². The van der Waals surface area contributed by atoms with Crippen molar-refractivity contribution < 1.29 is 0 Å². The van der Waals surface area contributed by atoms with E-state index in [4.69, 9.17) is 0 Å².